The number of hydrogen-bond donors (Lipinski definition) is 1. The molecule has 1 unspecified atom stereocenters. The molecule has 1 atom stereocenters. The molecule has 1 aromatic carbocycles. The summed E-state index contributed by atoms with van der Waals surface area (Å²) in [5, 5.41) is 0. The quantitative estimate of drug-likeness (QED) is 0.910. The Balaban J connectivity index is 1.95. The molecule has 2 rings (SSSR count). The van der Waals surface area contributed by atoms with E-state index in [-0.39, 0.29) is 11.9 Å². The molecule has 106 valence electrons. The standard InChI is InChI=1S/C16H20FN3/c1-12-5-3-8-15(19-12)10-20(2)11-16(18)13-6-4-7-14(17)9-13/h3-9,16H,10-11,18H2,1-2H3. The second-order valence-corrected chi connectivity index (χ2v) is 5.13. The van der Waals surface area contributed by atoms with Crippen LogP contribution in [0.5, 0.6) is 0 Å². The third kappa shape index (κ3) is 4.11. The number of hydrogen-bond acceptors (Lipinski definition) is 3. The molecule has 4 heteroatoms. The first-order valence-electron chi connectivity index (χ1n) is 6.67. The van der Waals surface area contributed by atoms with E-state index in [2.05, 4.69) is 9.88 Å². The lowest BCUT2D eigenvalue weighted by Crippen LogP contribution is -2.29. The lowest BCUT2D eigenvalue weighted by Gasteiger charge is -2.21. The molecule has 0 radical (unpaired) electrons. The Morgan fingerprint density at radius 1 is 1.25 bits per heavy atom. The summed E-state index contributed by atoms with van der Waals surface area (Å²) in [5.74, 6) is -0.249. The first-order valence-corrected chi connectivity index (χ1v) is 6.67. The second-order valence-electron chi connectivity index (χ2n) is 5.13. The SMILES string of the molecule is Cc1cccc(CN(C)CC(N)c2cccc(F)c2)n1. The number of pyridine rings is 1. The maximum absolute atomic E-state index is 13.2. The van der Waals surface area contributed by atoms with Crippen molar-refractivity contribution >= 4 is 0 Å². The third-order valence-corrected chi connectivity index (χ3v) is 3.16. The summed E-state index contributed by atoms with van der Waals surface area (Å²) in [7, 11) is 1.99. The molecule has 2 aromatic rings. The van der Waals surface area contributed by atoms with Gasteiger partial charge in [0, 0.05) is 24.8 Å². The second kappa shape index (κ2) is 6.59. The monoisotopic (exact) mass is 273 g/mol. The lowest BCUT2D eigenvalue weighted by molar-refractivity contribution is 0.301. The van der Waals surface area contributed by atoms with Gasteiger partial charge in [0.2, 0.25) is 0 Å². The zero-order valence-corrected chi connectivity index (χ0v) is 11.9. The van der Waals surface area contributed by atoms with Crippen LogP contribution in [0.1, 0.15) is 23.0 Å². The molecule has 0 saturated carbocycles. The largest absolute Gasteiger partial charge is 0.323 e. The highest BCUT2D eigenvalue weighted by Crippen LogP contribution is 2.13. The highest BCUT2D eigenvalue weighted by molar-refractivity contribution is 5.20. The van der Waals surface area contributed by atoms with Crippen molar-refractivity contribution in [1.29, 1.82) is 0 Å². The average molecular weight is 273 g/mol. The van der Waals surface area contributed by atoms with Crippen LogP contribution in [0.2, 0.25) is 0 Å². The van der Waals surface area contributed by atoms with E-state index in [0.29, 0.717) is 6.54 Å². The van der Waals surface area contributed by atoms with Crippen LogP contribution in [0.25, 0.3) is 0 Å². The number of aromatic nitrogens is 1. The molecule has 1 aromatic heterocycles. The van der Waals surface area contributed by atoms with Gasteiger partial charge in [-0.2, -0.15) is 0 Å². The van der Waals surface area contributed by atoms with Gasteiger partial charge < -0.3 is 5.73 Å². The Bertz CT molecular complexity index is 571. The molecule has 1 heterocycles. The van der Waals surface area contributed by atoms with Gasteiger partial charge in [-0.25, -0.2) is 4.39 Å². The molecule has 3 nitrogen and oxygen atoms in total. The van der Waals surface area contributed by atoms with Crippen LogP contribution < -0.4 is 5.73 Å². The summed E-state index contributed by atoms with van der Waals surface area (Å²) >= 11 is 0. The van der Waals surface area contributed by atoms with E-state index in [9.17, 15) is 4.39 Å². The zero-order chi connectivity index (χ0) is 14.5. The van der Waals surface area contributed by atoms with Crippen molar-refractivity contribution in [2.24, 2.45) is 5.73 Å². The summed E-state index contributed by atoms with van der Waals surface area (Å²) < 4.78 is 13.2. The minimum absolute atomic E-state index is 0.208. The van der Waals surface area contributed by atoms with Crippen molar-refractivity contribution in [2.75, 3.05) is 13.6 Å². The predicted octanol–water partition coefficient (Wildman–Crippen LogP) is 2.66. The third-order valence-electron chi connectivity index (χ3n) is 3.16. The minimum Gasteiger partial charge on any atom is -0.323 e. The number of halogens is 1. The summed E-state index contributed by atoms with van der Waals surface area (Å²) in [6.07, 6.45) is 0. The van der Waals surface area contributed by atoms with E-state index in [1.165, 1.54) is 12.1 Å². The molecule has 0 bridgehead atoms. The molecule has 0 aliphatic heterocycles. The van der Waals surface area contributed by atoms with Gasteiger partial charge in [-0.05, 0) is 43.8 Å². The number of likely N-dealkylation sites (N-methyl/N-ethyl adjacent to an activating group) is 1. The van der Waals surface area contributed by atoms with Crippen molar-refractivity contribution in [2.45, 2.75) is 19.5 Å². The maximum atomic E-state index is 13.2. The van der Waals surface area contributed by atoms with Crippen LogP contribution in [0.15, 0.2) is 42.5 Å². The first-order chi connectivity index (χ1) is 9.54. The molecule has 0 amide bonds. The fourth-order valence-corrected chi connectivity index (χ4v) is 2.21. The van der Waals surface area contributed by atoms with E-state index >= 15 is 0 Å². The van der Waals surface area contributed by atoms with Crippen LogP contribution in [-0.2, 0) is 6.54 Å². The minimum atomic E-state index is -0.249. The van der Waals surface area contributed by atoms with Crippen molar-refractivity contribution in [1.82, 2.24) is 9.88 Å². The van der Waals surface area contributed by atoms with Gasteiger partial charge in [-0.15, -0.1) is 0 Å². The molecule has 0 aliphatic carbocycles. The van der Waals surface area contributed by atoms with E-state index in [0.717, 1.165) is 23.5 Å². The van der Waals surface area contributed by atoms with Gasteiger partial charge in [0.05, 0.1) is 5.69 Å². The topological polar surface area (TPSA) is 42.1 Å². The Morgan fingerprint density at radius 3 is 2.70 bits per heavy atom. The van der Waals surface area contributed by atoms with Crippen LogP contribution in [-0.4, -0.2) is 23.5 Å². The molecule has 2 N–H and O–H groups in total. The molecule has 0 saturated heterocycles. The van der Waals surface area contributed by atoms with Crippen molar-refractivity contribution in [3.8, 4) is 0 Å². The number of rotatable bonds is 5. The number of aryl methyl sites for hydroxylation is 1. The Morgan fingerprint density at radius 2 is 2.00 bits per heavy atom. The highest BCUT2D eigenvalue weighted by atomic mass is 19.1. The summed E-state index contributed by atoms with van der Waals surface area (Å²) in [6.45, 7) is 3.35. The summed E-state index contributed by atoms with van der Waals surface area (Å²) in [4.78, 5) is 6.56. The number of benzene rings is 1. The van der Waals surface area contributed by atoms with Crippen LogP contribution in [0.3, 0.4) is 0 Å². The average Bonchev–Trinajstić information content (AvgIpc) is 2.38. The van der Waals surface area contributed by atoms with Crippen LogP contribution in [0, 0.1) is 12.7 Å². The van der Waals surface area contributed by atoms with Gasteiger partial charge in [0.1, 0.15) is 5.82 Å². The van der Waals surface area contributed by atoms with Crippen LogP contribution in [0.4, 0.5) is 4.39 Å². The molecular weight excluding hydrogens is 253 g/mol. The predicted molar refractivity (Wildman–Crippen MR) is 78.6 cm³/mol. The van der Waals surface area contributed by atoms with E-state index < -0.39 is 0 Å². The first kappa shape index (κ1) is 14.6. The van der Waals surface area contributed by atoms with Gasteiger partial charge >= 0.3 is 0 Å². The zero-order valence-electron chi connectivity index (χ0n) is 11.9. The lowest BCUT2D eigenvalue weighted by atomic mass is 10.1. The smallest absolute Gasteiger partial charge is 0.123 e. The Kier molecular flexibility index (Phi) is 4.82. The molecule has 0 aliphatic rings. The van der Waals surface area contributed by atoms with Gasteiger partial charge in [-0.1, -0.05) is 18.2 Å². The van der Waals surface area contributed by atoms with Crippen LogP contribution >= 0.6 is 0 Å². The van der Waals surface area contributed by atoms with E-state index in [4.69, 9.17) is 5.73 Å². The fourth-order valence-electron chi connectivity index (χ4n) is 2.21. The van der Waals surface area contributed by atoms with Gasteiger partial charge in [0.25, 0.3) is 0 Å². The van der Waals surface area contributed by atoms with E-state index in [1.807, 2.05) is 38.2 Å². The summed E-state index contributed by atoms with van der Waals surface area (Å²) in [6, 6.07) is 12.2. The van der Waals surface area contributed by atoms with Crippen molar-refractivity contribution in [3.63, 3.8) is 0 Å². The molecule has 0 spiro atoms. The van der Waals surface area contributed by atoms with Crippen molar-refractivity contribution in [3.05, 3.63) is 65.2 Å². The Labute approximate surface area is 119 Å². The Hall–Kier alpha value is -1.78. The number of nitrogens with two attached hydrogens (primary N) is 1. The van der Waals surface area contributed by atoms with Crippen molar-refractivity contribution < 1.29 is 4.39 Å². The number of nitrogens with zero attached hydrogens (tertiary/aromatic N) is 2. The molecule has 0 fully saturated rings. The fraction of sp³-hybridized carbons (Fsp3) is 0.312. The van der Waals surface area contributed by atoms with Gasteiger partial charge in [-0.3, -0.25) is 9.88 Å². The molecular formula is C16H20FN3. The normalized spacial score (nSPS) is 12.7. The summed E-state index contributed by atoms with van der Waals surface area (Å²) in [5.41, 5.74) is 8.95. The maximum Gasteiger partial charge on any atom is 0.123 e. The van der Waals surface area contributed by atoms with Gasteiger partial charge in [0.15, 0.2) is 0 Å². The molecule has 20 heavy (non-hydrogen) atoms. The van der Waals surface area contributed by atoms with E-state index in [1.54, 1.807) is 6.07 Å². The highest BCUT2D eigenvalue weighted by Gasteiger charge is 2.10.